The number of pyridine rings is 1. The molecule has 0 N–H and O–H groups in total. The lowest BCUT2D eigenvalue weighted by Gasteiger charge is -2.45. The molecule has 0 atom stereocenters. The third kappa shape index (κ3) is 6.03. The molecule has 0 spiro atoms. The molecule has 0 radical (unpaired) electrons. The highest BCUT2D eigenvalue weighted by Gasteiger charge is 2.51. The average Bonchev–Trinajstić information content (AvgIpc) is 3.95. The summed E-state index contributed by atoms with van der Waals surface area (Å²) in [6.45, 7) is 0. The van der Waals surface area contributed by atoms with Crippen molar-refractivity contribution < 1.29 is 0 Å². The molecule has 0 unspecified atom stereocenters. The number of nitrogens with zero attached hydrogens (tertiary/aromatic N) is 4. The third-order valence-corrected chi connectivity index (χ3v) is 25.0. The summed E-state index contributed by atoms with van der Waals surface area (Å²) in [5.74, 6) is 1.85. The summed E-state index contributed by atoms with van der Waals surface area (Å²) in [5, 5.41) is 13.2. The van der Waals surface area contributed by atoms with Crippen LogP contribution >= 0.6 is 11.3 Å². The molecule has 68 heavy (non-hydrogen) atoms. The lowest BCUT2D eigenvalue weighted by atomic mass is 10.1. The molecule has 4 nitrogen and oxygen atoms in total. The number of benzene rings is 9. The van der Waals surface area contributed by atoms with Crippen LogP contribution in [0.4, 0.5) is 17.2 Å². The Morgan fingerprint density at radius 3 is 1.75 bits per heavy atom. The van der Waals surface area contributed by atoms with Gasteiger partial charge >= 0.3 is 0 Å². The second kappa shape index (κ2) is 16.1. The van der Waals surface area contributed by atoms with Gasteiger partial charge in [-0.1, -0.05) is 194 Å². The van der Waals surface area contributed by atoms with Crippen LogP contribution < -0.4 is 46.4 Å². The maximum Gasteiger partial charge on any atom is 0.184 e. The molecule has 12 aromatic rings. The number of para-hydroxylation sites is 2. The zero-order valence-corrected chi connectivity index (χ0v) is 40.2. The Morgan fingerprint density at radius 1 is 0.456 bits per heavy atom. The fraction of sp³-hybridized carbons (Fsp3) is 0.0164. The fourth-order valence-electron chi connectivity index (χ4n) is 11.4. The fourth-order valence-corrected chi connectivity index (χ4v) is 22.5. The molecule has 13 rings (SSSR count). The summed E-state index contributed by atoms with van der Waals surface area (Å²) in [4.78, 5) is 12.9. The minimum Gasteiger partial charge on any atom is -0.327 e. The summed E-state index contributed by atoms with van der Waals surface area (Å²) in [5.41, 5.74) is 5.55. The number of imidazole rings is 1. The highest BCUT2D eigenvalue weighted by atomic mass is 32.1. The van der Waals surface area contributed by atoms with Crippen molar-refractivity contribution in [2.24, 2.45) is 7.05 Å². The van der Waals surface area contributed by atoms with Gasteiger partial charge in [-0.3, -0.25) is 4.90 Å². The Morgan fingerprint density at radius 2 is 1.06 bits per heavy atom. The van der Waals surface area contributed by atoms with E-state index in [0.717, 1.165) is 28.2 Å². The second-order valence-corrected chi connectivity index (χ2v) is 26.4. The Labute approximate surface area is 401 Å². The van der Waals surface area contributed by atoms with Crippen LogP contribution in [0.3, 0.4) is 0 Å². The largest absolute Gasteiger partial charge is 0.327 e. The van der Waals surface area contributed by atoms with Gasteiger partial charge in [0.15, 0.2) is 16.1 Å². The van der Waals surface area contributed by atoms with Crippen LogP contribution in [0, 0.1) is 0 Å². The predicted molar refractivity (Wildman–Crippen MR) is 292 cm³/mol. The Bertz CT molecular complexity index is 3740. The van der Waals surface area contributed by atoms with Crippen molar-refractivity contribution in [3.05, 3.63) is 249 Å². The molecule has 0 bridgehead atoms. The van der Waals surface area contributed by atoms with Gasteiger partial charge in [0, 0.05) is 50.4 Å². The quantitative estimate of drug-likeness (QED) is 0.113. The molecule has 9 aromatic carbocycles. The number of hydrogen-bond acceptors (Lipinski definition) is 4. The molecule has 0 amide bonds. The molecular weight excluding hydrogens is 877 g/mol. The van der Waals surface area contributed by atoms with Gasteiger partial charge in [0.05, 0.1) is 11.0 Å². The van der Waals surface area contributed by atoms with E-state index in [1.165, 1.54) is 73.0 Å². The van der Waals surface area contributed by atoms with Gasteiger partial charge in [-0.25, -0.2) is 9.97 Å². The van der Waals surface area contributed by atoms with Crippen molar-refractivity contribution in [2.75, 3.05) is 4.90 Å². The number of hydrogen-bond donors (Lipinski definition) is 0. The maximum absolute atomic E-state index is 5.23. The van der Waals surface area contributed by atoms with Crippen LogP contribution in [0.5, 0.6) is 0 Å². The van der Waals surface area contributed by atoms with E-state index in [-0.39, 0.29) is 0 Å². The minimum atomic E-state index is -3.14. The first-order valence-electron chi connectivity index (χ1n) is 23.2. The van der Waals surface area contributed by atoms with Crippen LogP contribution in [0.15, 0.2) is 249 Å². The van der Waals surface area contributed by atoms with Gasteiger partial charge in [-0.15, -0.1) is 11.3 Å². The van der Waals surface area contributed by atoms with Crippen molar-refractivity contribution in [3.63, 3.8) is 0 Å². The number of fused-ring (bicyclic) bond motifs is 6. The first kappa shape index (κ1) is 40.3. The summed E-state index contributed by atoms with van der Waals surface area (Å²) < 4.78 is 4.83. The van der Waals surface area contributed by atoms with Gasteiger partial charge in [0.25, 0.3) is 0 Å². The summed E-state index contributed by atoms with van der Waals surface area (Å²) >= 11 is 1.89. The number of rotatable bonds is 8. The molecule has 0 fully saturated rings. The first-order chi connectivity index (χ1) is 33.6. The average molecular weight is 921 g/mol. The lowest BCUT2D eigenvalue weighted by Crippen LogP contribution is -2.78. The van der Waals surface area contributed by atoms with Crippen LogP contribution in [0.25, 0.3) is 42.6 Å². The molecular formula is C61H44N4SSi2. The zero-order chi connectivity index (χ0) is 45.2. The van der Waals surface area contributed by atoms with Crippen LogP contribution in [0.2, 0.25) is 0 Å². The van der Waals surface area contributed by atoms with E-state index in [1.54, 1.807) is 0 Å². The Balaban J connectivity index is 1.17. The number of aromatic nitrogens is 3. The van der Waals surface area contributed by atoms with E-state index < -0.39 is 16.1 Å². The summed E-state index contributed by atoms with van der Waals surface area (Å²) in [6, 6.07) is 90.8. The number of thiophene rings is 1. The number of aryl methyl sites for hydroxylation is 1. The summed E-state index contributed by atoms with van der Waals surface area (Å²) in [7, 11) is -4.08. The molecule has 1 aliphatic heterocycles. The van der Waals surface area contributed by atoms with Crippen molar-refractivity contribution in [3.8, 4) is 11.4 Å². The monoisotopic (exact) mass is 920 g/mol. The lowest BCUT2D eigenvalue weighted by molar-refractivity contribution is 0.959. The summed E-state index contributed by atoms with van der Waals surface area (Å²) in [6.07, 6.45) is 1.93. The maximum atomic E-state index is 5.23. The Kier molecular flexibility index (Phi) is 9.57. The highest BCUT2D eigenvalue weighted by Crippen LogP contribution is 2.42. The van der Waals surface area contributed by atoms with E-state index in [9.17, 15) is 0 Å². The van der Waals surface area contributed by atoms with Crippen molar-refractivity contribution in [1.82, 2.24) is 14.5 Å². The molecule has 3 aromatic heterocycles. The molecule has 0 aliphatic carbocycles. The van der Waals surface area contributed by atoms with E-state index in [1.807, 2.05) is 23.6 Å². The van der Waals surface area contributed by atoms with E-state index in [2.05, 4.69) is 253 Å². The van der Waals surface area contributed by atoms with Crippen molar-refractivity contribution >= 4 is 117 Å². The van der Waals surface area contributed by atoms with Crippen LogP contribution in [-0.2, 0) is 7.05 Å². The highest BCUT2D eigenvalue weighted by molar-refractivity contribution is 7.27. The van der Waals surface area contributed by atoms with Gasteiger partial charge in [0.1, 0.15) is 11.6 Å². The minimum absolute atomic E-state index is 0.894. The number of anilines is 3. The first-order valence-corrected chi connectivity index (χ1v) is 28.0. The molecule has 322 valence electrons. The van der Waals surface area contributed by atoms with E-state index >= 15 is 0 Å². The Hall–Kier alpha value is -7.95. The standard InChI is InChI=1S/C61H44N4SSi2/c1-64-53-33-16-15-32-52(53)63-61(64)43-21-20-30-48(39-43)67(44-22-6-2-7-23-44,45-24-8-3-9-25-45)49-36-37-58-54(40-49)65(60-35-18-19-38-62-60)55-41-51-50-31-14-17-34-56(50)66-57(51)42-59(55)68(58,46-26-10-4-11-27-46)47-28-12-5-13-29-47/h2-42H,1H3. The molecule has 7 heteroatoms. The smallest absolute Gasteiger partial charge is 0.184 e. The molecule has 1 aliphatic rings. The van der Waals surface area contributed by atoms with Gasteiger partial charge in [-0.05, 0) is 90.0 Å². The van der Waals surface area contributed by atoms with E-state index in [0.29, 0.717) is 0 Å². The second-order valence-electron chi connectivity index (χ2n) is 17.7. The van der Waals surface area contributed by atoms with Gasteiger partial charge in [-0.2, -0.15) is 0 Å². The van der Waals surface area contributed by atoms with E-state index in [4.69, 9.17) is 9.97 Å². The predicted octanol–water partition coefficient (Wildman–Crippen LogP) is 9.54. The SMILES string of the molecule is Cn1c(-c2cccc([Si](c3ccccc3)(c3ccccc3)c3ccc4c(c3)N(c3ccccn3)c3cc5c(cc3[Si]4(c3ccccc3)c3ccccc3)sc3ccccc35)c2)nc2ccccc21. The molecule has 0 saturated heterocycles. The van der Waals surface area contributed by atoms with Crippen molar-refractivity contribution in [1.29, 1.82) is 0 Å². The molecule has 0 saturated carbocycles. The zero-order valence-electron chi connectivity index (χ0n) is 37.4. The third-order valence-electron chi connectivity index (χ3n) is 14.3. The van der Waals surface area contributed by atoms with Crippen LogP contribution in [-0.4, -0.2) is 30.7 Å². The molecule has 4 heterocycles. The van der Waals surface area contributed by atoms with Crippen molar-refractivity contribution in [2.45, 2.75) is 0 Å². The van der Waals surface area contributed by atoms with Crippen LogP contribution in [0.1, 0.15) is 0 Å². The topological polar surface area (TPSA) is 34.0 Å². The normalized spacial score (nSPS) is 13.2. The van der Waals surface area contributed by atoms with Gasteiger partial charge < -0.3 is 4.57 Å². The van der Waals surface area contributed by atoms with Gasteiger partial charge in [0.2, 0.25) is 0 Å².